The summed E-state index contributed by atoms with van der Waals surface area (Å²) in [4.78, 5) is 16.3. The molecule has 0 bridgehead atoms. The lowest BCUT2D eigenvalue weighted by atomic mass is 10.1. The summed E-state index contributed by atoms with van der Waals surface area (Å²) >= 11 is 0. The van der Waals surface area contributed by atoms with E-state index in [0.717, 1.165) is 18.8 Å². The number of rotatable bonds is 4. The predicted octanol–water partition coefficient (Wildman–Crippen LogP) is 1.07. The molecule has 98 valence electrons. The van der Waals surface area contributed by atoms with E-state index in [1.54, 1.807) is 0 Å². The minimum Gasteiger partial charge on any atom is -0.325 e. The fraction of sp³-hybridized carbons (Fsp3) is 0.500. The molecule has 0 spiro atoms. The molecule has 1 aliphatic rings. The first kappa shape index (κ1) is 13.1. The standard InChI is InChI=1S/C14H21N3O/c1-11(2)17(13-6-4-3-5-7-13)14(18)10-16-8-12(15)9-16/h3-7,11-12H,8-10,15H2,1-2H3. The molecule has 0 aliphatic carbocycles. The zero-order valence-electron chi connectivity index (χ0n) is 11.0. The molecule has 1 fully saturated rings. The number of benzene rings is 1. The number of anilines is 1. The molecule has 0 unspecified atom stereocenters. The number of hydrogen-bond acceptors (Lipinski definition) is 3. The molecule has 4 nitrogen and oxygen atoms in total. The van der Waals surface area contributed by atoms with Gasteiger partial charge >= 0.3 is 0 Å². The van der Waals surface area contributed by atoms with Crippen molar-refractivity contribution in [1.29, 1.82) is 0 Å². The first-order valence-corrected chi connectivity index (χ1v) is 6.43. The lowest BCUT2D eigenvalue weighted by Crippen LogP contribution is -2.58. The van der Waals surface area contributed by atoms with Crippen molar-refractivity contribution in [1.82, 2.24) is 4.90 Å². The quantitative estimate of drug-likeness (QED) is 0.866. The molecule has 1 aromatic carbocycles. The van der Waals surface area contributed by atoms with Gasteiger partial charge in [0.15, 0.2) is 0 Å². The van der Waals surface area contributed by atoms with Crippen LogP contribution in [0.2, 0.25) is 0 Å². The summed E-state index contributed by atoms with van der Waals surface area (Å²) in [7, 11) is 0. The smallest absolute Gasteiger partial charge is 0.241 e. The van der Waals surface area contributed by atoms with Gasteiger partial charge in [0, 0.05) is 30.9 Å². The second-order valence-corrected chi connectivity index (χ2v) is 5.15. The van der Waals surface area contributed by atoms with Crippen molar-refractivity contribution in [3.05, 3.63) is 30.3 Å². The van der Waals surface area contributed by atoms with Crippen molar-refractivity contribution < 1.29 is 4.79 Å². The topological polar surface area (TPSA) is 49.6 Å². The second kappa shape index (κ2) is 5.50. The van der Waals surface area contributed by atoms with Crippen LogP contribution in [0.25, 0.3) is 0 Å². The summed E-state index contributed by atoms with van der Waals surface area (Å²) in [5, 5.41) is 0. The SMILES string of the molecule is CC(C)N(C(=O)CN1CC(N)C1)c1ccccc1. The Morgan fingerprint density at radius 2 is 2.00 bits per heavy atom. The number of likely N-dealkylation sites (tertiary alicyclic amines) is 1. The summed E-state index contributed by atoms with van der Waals surface area (Å²) in [5.41, 5.74) is 6.69. The Labute approximate surface area is 108 Å². The minimum absolute atomic E-state index is 0.142. The molecule has 1 saturated heterocycles. The molecule has 0 aromatic heterocycles. The summed E-state index contributed by atoms with van der Waals surface area (Å²) in [6, 6.07) is 10.2. The van der Waals surface area contributed by atoms with Gasteiger partial charge in [-0.1, -0.05) is 18.2 Å². The van der Waals surface area contributed by atoms with Gasteiger partial charge in [-0.15, -0.1) is 0 Å². The van der Waals surface area contributed by atoms with Gasteiger partial charge in [0.25, 0.3) is 0 Å². The van der Waals surface area contributed by atoms with Crippen molar-refractivity contribution in [2.45, 2.75) is 25.9 Å². The van der Waals surface area contributed by atoms with Crippen LogP contribution in [0.15, 0.2) is 30.3 Å². The lowest BCUT2D eigenvalue weighted by Gasteiger charge is -2.38. The Kier molecular flexibility index (Phi) is 3.99. The van der Waals surface area contributed by atoms with Gasteiger partial charge < -0.3 is 10.6 Å². The van der Waals surface area contributed by atoms with Crippen molar-refractivity contribution in [3.63, 3.8) is 0 Å². The summed E-state index contributed by atoms with van der Waals surface area (Å²) < 4.78 is 0. The van der Waals surface area contributed by atoms with E-state index in [0.29, 0.717) is 6.54 Å². The van der Waals surface area contributed by atoms with E-state index in [9.17, 15) is 4.79 Å². The van der Waals surface area contributed by atoms with Crippen LogP contribution in [-0.2, 0) is 4.79 Å². The zero-order valence-corrected chi connectivity index (χ0v) is 11.0. The molecule has 2 rings (SSSR count). The highest BCUT2D eigenvalue weighted by Gasteiger charge is 2.28. The Balaban J connectivity index is 2.04. The number of nitrogens with zero attached hydrogens (tertiary/aromatic N) is 2. The fourth-order valence-corrected chi connectivity index (χ4v) is 2.33. The van der Waals surface area contributed by atoms with Crippen LogP contribution in [-0.4, -0.2) is 42.5 Å². The lowest BCUT2D eigenvalue weighted by molar-refractivity contribution is -0.121. The summed E-state index contributed by atoms with van der Waals surface area (Å²) in [6.07, 6.45) is 0. The monoisotopic (exact) mass is 247 g/mol. The maximum Gasteiger partial charge on any atom is 0.241 e. The van der Waals surface area contributed by atoms with Crippen molar-refractivity contribution in [2.75, 3.05) is 24.5 Å². The average molecular weight is 247 g/mol. The number of amides is 1. The Bertz CT molecular complexity index is 399. The van der Waals surface area contributed by atoms with E-state index in [1.165, 1.54) is 0 Å². The third-order valence-electron chi connectivity index (χ3n) is 3.16. The van der Waals surface area contributed by atoms with Crippen LogP contribution in [0.3, 0.4) is 0 Å². The van der Waals surface area contributed by atoms with Gasteiger partial charge in [0.1, 0.15) is 0 Å². The number of carbonyl (C=O) groups excluding carboxylic acids is 1. The normalized spacial score (nSPS) is 16.7. The Hall–Kier alpha value is -1.39. The Morgan fingerprint density at radius 1 is 1.39 bits per heavy atom. The molecular weight excluding hydrogens is 226 g/mol. The summed E-state index contributed by atoms with van der Waals surface area (Å²) in [6.45, 7) is 6.18. The zero-order chi connectivity index (χ0) is 13.1. The number of nitrogens with two attached hydrogens (primary N) is 1. The fourth-order valence-electron chi connectivity index (χ4n) is 2.33. The Morgan fingerprint density at radius 3 is 2.50 bits per heavy atom. The highest BCUT2D eigenvalue weighted by Crippen LogP contribution is 2.17. The number of para-hydroxylation sites is 1. The first-order chi connectivity index (χ1) is 8.58. The molecule has 1 aromatic rings. The van der Waals surface area contributed by atoms with Crippen LogP contribution < -0.4 is 10.6 Å². The van der Waals surface area contributed by atoms with E-state index in [-0.39, 0.29) is 18.0 Å². The molecule has 1 heterocycles. The van der Waals surface area contributed by atoms with Gasteiger partial charge in [-0.05, 0) is 26.0 Å². The third-order valence-corrected chi connectivity index (χ3v) is 3.16. The van der Waals surface area contributed by atoms with Crippen LogP contribution >= 0.6 is 0 Å². The highest BCUT2D eigenvalue weighted by atomic mass is 16.2. The predicted molar refractivity (Wildman–Crippen MR) is 73.5 cm³/mol. The number of hydrogen-bond donors (Lipinski definition) is 1. The first-order valence-electron chi connectivity index (χ1n) is 6.43. The average Bonchev–Trinajstić information content (AvgIpc) is 2.28. The molecule has 1 aliphatic heterocycles. The van der Waals surface area contributed by atoms with Gasteiger partial charge in [-0.3, -0.25) is 9.69 Å². The van der Waals surface area contributed by atoms with Gasteiger partial charge in [-0.25, -0.2) is 0 Å². The van der Waals surface area contributed by atoms with E-state index in [2.05, 4.69) is 4.90 Å². The van der Waals surface area contributed by atoms with E-state index < -0.39 is 0 Å². The van der Waals surface area contributed by atoms with E-state index in [4.69, 9.17) is 5.73 Å². The molecule has 0 saturated carbocycles. The maximum atomic E-state index is 12.3. The third kappa shape index (κ3) is 2.89. The van der Waals surface area contributed by atoms with Crippen LogP contribution in [0.1, 0.15) is 13.8 Å². The molecule has 0 radical (unpaired) electrons. The molecule has 4 heteroatoms. The minimum atomic E-state index is 0.142. The van der Waals surface area contributed by atoms with Crippen molar-refractivity contribution in [2.24, 2.45) is 5.73 Å². The number of carbonyl (C=O) groups is 1. The molecule has 0 atom stereocenters. The van der Waals surface area contributed by atoms with Gasteiger partial charge in [0.05, 0.1) is 6.54 Å². The molecular formula is C14H21N3O. The van der Waals surface area contributed by atoms with Gasteiger partial charge in [-0.2, -0.15) is 0 Å². The van der Waals surface area contributed by atoms with Crippen molar-refractivity contribution in [3.8, 4) is 0 Å². The molecule has 18 heavy (non-hydrogen) atoms. The van der Waals surface area contributed by atoms with Gasteiger partial charge in [0.2, 0.25) is 5.91 Å². The molecule has 2 N–H and O–H groups in total. The summed E-state index contributed by atoms with van der Waals surface area (Å²) in [5.74, 6) is 0.142. The second-order valence-electron chi connectivity index (χ2n) is 5.15. The van der Waals surface area contributed by atoms with Crippen LogP contribution in [0.4, 0.5) is 5.69 Å². The maximum absolute atomic E-state index is 12.3. The van der Waals surface area contributed by atoms with Crippen LogP contribution in [0.5, 0.6) is 0 Å². The van der Waals surface area contributed by atoms with Crippen LogP contribution in [0, 0.1) is 0 Å². The van der Waals surface area contributed by atoms with E-state index in [1.807, 2.05) is 49.1 Å². The highest BCUT2D eigenvalue weighted by molar-refractivity contribution is 5.95. The molecule has 1 amide bonds. The van der Waals surface area contributed by atoms with Crippen molar-refractivity contribution >= 4 is 11.6 Å². The van der Waals surface area contributed by atoms with E-state index >= 15 is 0 Å². The largest absolute Gasteiger partial charge is 0.325 e.